The first-order valence-corrected chi connectivity index (χ1v) is 13.1. The molecule has 0 radical (unpaired) electrons. The van der Waals surface area contributed by atoms with Gasteiger partial charge in [0.2, 0.25) is 0 Å². The summed E-state index contributed by atoms with van der Waals surface area (Å²) in [6, 6.07) is 45.0. The summed E-state index contributed by atoms with van der Waals surface area (Å²) in [5.74, 6) is 0. The molecule has 0 saturated heterocycles. The van der Waals surface area contributed by atoms with Crippen molar-refractivity contribution in [3.8, 4) is 55.6 Å². The Labute approximate surface area is 217 Å². The van der Waals surface area contributed by atoms with Crippen LogP contribution < -0.4 is 0 Å². The Balaban J connectivity index is 1.40. The van der Waals surface area contributed by atoms with Crippen molar-refractivity contribution in [2.75, 3.05) is 0 Å². The molecule has 0 heteroatoms. The molecule has 0 aromatic heterocycles. The predicted molar refractivity (Wildman–Crippen MR) is 157 cm³/mol. The molecule has 0 spiro atoms. The summed E-state index contributed by atoms with van der Waals surface area (Å²) >= 11 is 0. The highest BCUT2D eigenvalue weighted by Gasteiger charge is 2.37. The van der Waals surface area contributed by atoms with E-state index in [1.165, 1.54) is 77.5 Å². The molecule has 174 valence electrons. The van der Waals surface area contributed by atoms with Crippen LogP contribution in [0.5, 0.6) is 0 Å². The summed E-state index contributed by atoms with van der Waals surface area (Å²) in [5, 5.41) is 2.70. The van der Waals surface area contributed by atoms with Gasteiger partial charge in [-0.05, 0) is 77.5 Å². The van der Waals surface area contributed by atoms with Gasteiger partial charge in [0, 0.05) is 5.41 Å². The molecule has 6 aromatic carbocycles. The summed E-state index contributed by atoms with van der Waals surface area (Å²) in [5.41, 5.74) is 16.1. The predicted octanol–water partition coefficient (Wildman–Crippen LogP) is 10.1. The normalized spacial score (nSPS) is 13.9. The van der Waals surface area contributed by atoms with Gasteiger partial charge in [-0.1, -0.05) is 135 Å². The maximum absolute atomic E-state index is 2.37. The smallest absolute Gasteiger partial charge is 0.0165 e. The number of benzene rings is 6. The molecule has 8 rings (SSSR count). The van der Waals surface area contributed by atoms with Gasteiger partial charge in [-0.25, -0.2) is 0 Å². The standard InChI is InChI=1S/C37H26/c1-37(2)34-20-8-7-15-28(34)33-19-10-18-32(36(33)37)26-14-6-3-11-23(26)27-21-22-31-25-13-5-4-12-24(25)29-16-9-17-30(27)35(29)31/h3-22H,1-2H3. The van der Waals surface area contributed by atoms with Gasteiger partial charge in [0.1, 0.15) is 0 Å². The first kappa shape index (κ1) is 20.7. The lowest BCUT2D eigenvalue weighted by Gasteiger charge is -2.25. The molecule has 0 atom stereocenters. The van der Waals surface area contributed by atoms with Gasteiger partial charge >= 0.3 is 0 Å². The highest BCUT2D eigenvalue weighted by atomic mass is 14.4. The Morgan fingerprint density at radius 2 is 0.784 bits per heavy atom. The molecular formula is C37H26. The van der Waals surface area contributed by atoms with E-state index in [2.05, 4.69) is 135 Å². The summed E-state index contributed by atoms with van der Waals surface area (Å²) in [4.78, 5) is 0. The fourth-order valence-electron chi connectivity index (χ4n) is 7.07. The zero-order valence-electron chi connectivity index (χ0n) is 21.0. The molecule has 0 aliphatic heterocycles. The minimum atomic E-state index is -0.0563. The summed E-state index contributed by atoms with van der Waals surface area (Å²) in [6.07, 6.45) is 0. The molecule has 0 N–H and O–H groups in total. The second-order valence-corrected chi connectivity index (χ2v) is 10.9. The number of rotatable bonds is 2. The van der Waals surface area contributed by atoms with E-state index >= 15 is 0 Å². The van der Waals surface area contributed by atoms with Gasteiger partial charge in [0.05, 0.1) is 0 Å². The number of hydrogen-bond donors (Lipinski definition) is 0. The van der Waals surface area contributed by atoms with E-state index in [9.17, 15) is 0 Å². The number of hydrogen-bond acceptors (Lipinski definition) is 0. The van der Waals surface area contributed by atoms with Crippen LogP contribution in [0.3, 0.4) is 0 Å². The zero-order valence-corrected chi connectivity index (χ0v) is 21.0. The maximum Gasteiger partial charge on any atom is 0.0165 e. The van der Waals surface area contributed by atoms with Crippen molar-refractivity contribution in [3.63, 3.8) is 0 Å². The van der Waals surface area contributed by atoms with Crippen molar-refractivity contribution in [1.29, 1.82) is 0 Å². The first-order chi connectivity index (χ1) is 18.1. The highest BCUT2D eigenvalue weighted by molar-refractivity contribution is 6.19. The van der Waals surface area contributed by atoms with Gasteiger partial charge in [-0.2, -0.15) is 0 Å². The van der Waals surface area contributed by atoms with Crippen LogP contribution in [0.1, 0.15) is 25.0 Å². The molecule has 0 nitrogen and oxygen atoms in total. The van der Waals surface area contributed by atoms with Crippen molar-refractivity contribution < 1.29 is 0 Å². The van der Waals surface area contributed by atoms with Crippen LogP contribution in [0.25, 0.3) is 66.4 Å². The summed E-state index contributed by atoms with van der Waals surface area (Å²) in [6.45, 7) is 4.75. The van der Waals surface area contributed by atoms with Gasteiger partial charge < -0.3 is 0 Å². The second kappa shape index (κ2) is 7.31. The molecule has 0 bridgehead atoms. The third-order valence-corrected chi connectivity index (χ3v) is 8.64. The van der Waals surface area contributed by atoms with Crippen LogP contribution in [0.2, 0.25) is 0 Å². The maximum atomic E-state index is 2.37. The Morgan fingerprint density at radius 3 is 1.49 bits per heavy atom. The van der Waals surface area contributed by atoms with Crippen LogP contribution in [0, 0.1) is 0 Å². The van der Waals surface area contributed by atoms with E-state index in [1.54, 1.807) is 0 Å². The molecule has 2 aliphatic rings. The van der Waals surface area contributed by atoms with Crippen molar-refractivity contribution in [2.45, 2.75) is 19.3 Å². The molecule has 0 fully saturated rings. The van der Waals surface area contributed by atoms with Crippen molar-refractivity contribution >= 4 is 10.8 Å². The van der Waals surface area contributed by atoms with Crippen LogP contribution in [0.4, 0.5) is 0 Å². The van der Waals surface area contributed by atoms with E-state index in [4.69, 9.17) is 0 Å². The van der Waals surface area contributed by atoms with Crippen LogP contribution in [-0.2, 0) is 5.41 Å². The van der Waals surface area contributed by atoms with E-state index in [-0.39, 0.29) is 5.41 Å². The van der Waals surface area contributed by atoms with Gasteiger partial charge in [-0.15, -0.1) is 0 Å². The molecule has 0 unspecified atom stereocenters. The quantitative estimate of drug-likeness (QED) is 0.236. The third-order valence-electron chi connectivity index (χ3n) is 8.64. The minimum absolute atomic E-state index is 0.0563. The largest absolute Gasteiger partial charge is 0.0619 e. The van der Waals surface area contributed by atoms with Gasteiger partial charge in [0.25, 0.3) is 0 Å². The van der Waals surface area contributed by atoms with Crippen LogP contribution in [-0.4, -0.2) is 0 Å². The van der Waals surface area contributed by atoms with E-state index in [1.807, 2.05) is 0 Å². The van der Waals surface area contributed by atoms with E-state index in [0.29, 0.717) is 0 Å². The second-order valence-electron chi connectivity index (χ2n) is 10.9. The lowest BCUT2D eigenvalue weighted by molar-refractivity contribution is 0.662. The fraction of sp³-hybridized carbons (Fsp3) is 0.0811. The lowest BCUT2D eigenvalue weighted by Crippen LogP contribution is -2.16. The lowest BCUT2D eigenvalue weighted by atomic mass is 9.77. The summed E-state index contributed by atoms with van der Waals surface area (Å²) < 4.78 is 0. The fourth-order valence-corrected chi connectivity index (χ4v) is 7.07. The Kier molecular flexibility index (Phi) is 4.10. The zero-order chi connectivity index (χ0) is 24.7. The molecule has 6 aromatic rings. The summed E-state index contributed by atoms with van der Waals surface area (Å²) in [7, 11) is 0. The van der Waals surface area contributed by atoms with E-state index in [0.717, 1.165) is 0 Å². The highest BCUT2D eigenvalue weighted by Crippen LogP contribution is 2.54. The SMILES string of the molecule is CC1(C)c2ccccc2-c2cccc(-c3ccccc3-c3ccc4c5c(cccc35)-c3ccccc3-4)c21. The first-order valence-electron chi connectivity index (χ1n) is 13.1. The van der Waals surface area contributed by atoms with Crippen molar-refractivity contribution in [3.05, 3.63) is 132 Å². The Bertz CT molecular complexity index is 1870. The van der Waals surface area contributed by atoms with Crippen molar-refractivity contribution in [2.24, 2.45) is 0 Å². The monoisotopic (exact) mass is 470 g/mol. The Morgan fingerprint density at radius 1 is 0.351 bits per heavy atom. The average Bonchev–Trinajstić information content (AvgIpc) is 3.40. The van der Waals surface area contributed by atoms with E-state index < -0.39 is 0 Å². The third kappa shape index (κ3) is 2.68. The molecule has 0 heterocycles. The Hall–Kier alpha value is -4.42. The number of fused-ring (bicyclic) bond motifs is 6. The van der Waals surface area contributed by atoms with Crippen LogP contribution in [0.15, 0.2) is 121 Å². The molecular weight excluding hydrogens is 444 g/mol. The molecule has 2 aliphatic carbocycles. The van der Waals surface area contributed by atoms with Gasteiger partial charge in [0.15, 0.2) is 0 Å². The molecule has 0 saturated carbocycles. The minimum Gasteiger partial charge on any atom is -0.0619 e. The molecule has 0 amide bonds. The van der Waals surface area contributed by atoms with Crippen molar-refractivity contribution in [1.82, 2.24) is 0 Å². The van der Waals surface area contributed by atoms with Crippen LogP contribution >= 0.6 is 0 Å². The average molecular weight is 471 g/mol. The molecule has 37 heavy (non-hydrogen) atoms. The topological polar surface area (TPSA) is 0 Å². The van der Waals surface area contributed by atoms with Gasteiger partial charge in [-0.3, -0.25) is 0 Å².